The second-order valence-electron chi connectivity index (χ2n) is 7.90. The highest BCUT2D eigenvalue weighted by molar-refractivity contribution is 7.71. The van der Waals surface area contributed by atoms with Crippen LogP contribution >= 0.6 is 12.2 Å². The Bertz CT molecular complexity index is 1190. The van der Waals surface area contributed by atoms with E-state index in [-0.39, 0.29) is 11.5 Å². The van der Waals surface area contributed by atoms with Crippen LogP contribution in [0, 0.1) is 4.77 Å². The van der Waals surface area contributed by atoms with Crippen LogP contribution in [0.15, 0.2) is 35.3 Å². The molecule has 31 heavy (non-hydrogen) atoms. The Morgan fingerprint density at radius 3 is 2.87 bits per heavy atom. The van der Waals surface area contributed by atoms with Gasteiger partial charge in [0.2, 0.25) is 0 Å². The summed E-state index contributed by atoms with van der Waals surface area (Å²) in [4.78, 5) is 28.8. The molecular weight excluding hydrogens is 414 g/mol. The van der Waals surface area contributed by atoms with Crippen molar-refractivity contribution in [3.05, 3.63) is 51.2 Å². The number of benzene rings is 1. The monoisotopic (exact) mass is 441 g/mol. The molecule has 2 heterocycles. The van der Waals surface area contributed by atoms with E-state index in [4.69, 9.17) is 17.0 Å². The summed E-state index contributed by atoms with van der Waals surface area (Å²) in [6.45, 7) is 1.03. The first kappa shape index (κ1) is 21.5. The number of amides is 1. The molecule has 164 valence electrons. The zero-order valence-electron chi connectivity index (χ0n) is 17.6. The Balaban J connectivity index is 1.57. The lowest BCUT2D eigenvalue weighted by Crippen LogP contribution is -2.23. The number of carbonyl (C=O) groups excluding carboxylic acids is 1. The maximum atomic E-state index is 12.9. The van der Waals surface area contributed by atoms with Crippen LogP contribution in [0.1, 0.15) is 54.9 Å². The first-order valence-corrected chi connectivity index (χ1v) is 11.1. The first-order valence-electron chi connectivity index (χ1n) is 10.7. The third-order valence-electron chi connectivity index (χ3n) is 5.81. The molecule has 0 unspecified atom stereocenters. The van der Waals surface area contributed by atoms with E-state index >= 15 is 0 Å². The Kier molecular flexibility index (Phi) is 6.62. The number of hydrogen-bond donors (Lipinski definition) is 2. The standard InChI is InChI=1S/C22H27N5O3S/c1-30-13-5-12-26-21(29)17-9-8-15(14-18(17)24-22(26)31)20(28)25-19-10-11-23-27(19)16-6-3-2-4-7-16/h8-11,14,16H,2-7,12-13H2,1H3,(H,24,31)(H,25,28). The van der Waals surface area contributed by atoms with Gasteiger partial charge in [0.25, 0.3) is 11.5 Å². The average molecular weight is 442 g/mol. The number of ether oxygens (including phenoxy) is 1. The number of hydrogen-bond acceptors (Lipinski definition) is 5. The summed E-state index contributed by atoms with van der Waals surface area (Å²) in [5, 5.41) is 7.89. The lowest BCUT2D eigenvalue weighted by atomic mass is 9.96. The number of aromatic amines is 1. The summed E-state index contributed by atoms with van der Waals surface area (Å²) in [7, 11) is 1.62. The summed E-state index contributed by atoms with van der Waals surface area (Å²) in [5.74, 6) is 0.446. The van der Waals surface area contributed by atoms with Crippen LogP contribution < -0.4 is 10.9 Å². The molecule has 4 rings (SSSR count). The molecule has 0 atom stereocenters. The predicted octanol–water partition coefficient (Wildman–Crippen LogP) is 4.05. The first-order chi connectivity index (χ1) is 15.1. The van der Waals surface area contributed by atoms with Crippen molar-refractivity contribution in [3.63, 3.8) is 0 Å². The summed E-state index contributed by atoms with van der Waals surface area (Å²) < 4.78 is 8.84. The number of rotatable bonds is 7. The highest BCUT2D eigenvalue weighted by Gasteiger charge is 2.20. The van der Waals surface area contributed by atoms with E-state index in [1.165, 1.54) is 23.8 Å². The fourth-order valence-electron chi connectivity index (χ4n) is 4.18. The van der Waals surface area contributed by atoms with Crippen molar-refractivity contribution in [2.24, 2.45) is 0 Å². The van der Waals surface area contributed by atoms with Crippen LogP contribution in [0.25, 0.3) is 10.9 Å². The molecule has 9 heteroatoms. The molecule has 0 saturated heterocycles. The molecule has 0 radical (unpaired) electrons. The number of fused-ring (bicyclic) bond motifs is 1. The number of nitrogens with zero attached hydrogens (tertiary/aromatic N) is 3. The molecule has 1 amide bonds. The molecule has 2 aromatic heterocycles. The van der Waals surface area contributed by atoms with Crippen LogP contribution in [0.5, 0.6) is 0 Å². The minimum atomic E-state index is -0.247. The molecule has 3 aromatic rings. The predicted molar refractivity (Wildman–Crippen MR) is 122 cm³/mol. The highest BCUT2D eigenvalue weighted by atomic mass is 32.1. The van der Waals surface area contributed by atoms with Gasteiger partial charge in [-0.1, -0.05) is 19.3 Å². The Morgan fingerprint density at radius 1 is 1.29 bits per heavy atom. The summed E-state index contributed by atoms with van der Waals surface area (Å²) >= 11 is 5.36. The van der Waals surface area contributed by atoms with E-state index < -0.39 is 0 Å². The van der Waals surface area contributed by atoms with E-state index in [2.05, 4.69) is 15.4 Å². The van der Waals surface area contributed by atoms with Crippen molar-refractivity contribution in [2.75, 3.05) is 19.0 Å². The van der Waals surface area contributed by atoms with Gasteiger partial charge in [-0.05, 0) is 49.7 Å². The SMILES string of the molecule is COCCCn1c(=S)[nH]c2cc(C(=O)Nc3ccnn3C3CCCCC3)ccc2c1=O. The van der Waals surface area contributed by atoms with Crippen molar-refractivity contribution in [2.45, 2.75) is 51.1 Å². The van der Waals surface area contributed by atoms with E-state index in [0.29, 0.717) is 52.7 Å². The molecular formula is C22H27N5O3S. The van der Waals surface area contributed by atoms with E-state index in [1.54, 1.807) is 31.5 Å². The quantitative estimate of drug-likeness (QED) is 0.426. The summed E-state index contributed by atoms with van der Waals surface area (Å²) in [5.41, 5.74) is 0.828. The molecule has 1 aromatic carbocycles. The molecule has 0 aliphatic heterocycles. The van der Waals surface area contributed by atoms with Crippen LogP contribution in [-0.4, -0.2) is 39.0 Å². The van der Waals surface area contributed by atoms with Gasteiger partial charge in [-0.2, -0.15) is 5.10 Å². The van der Waals surface area contributed by atoms with Gasteiger partial charge in [0.05, 0.1) is 23.1 Å². The number of methoxy groups -OCH3 is 1. The van der Waals surface area contributed by atoms with Crippen LogP contribution in [0.2, 0.25) is 0 Å². The normalized spacial score (nSPS) is 14.7. The van der Waals surface area contributed by atoms with Gasteiger partial charge in [0.15, 0.2) is 4.77 Å². The van der Waals surface area contributed by atoms with Gasteiger partial charge < -0.3 is 15.0 Å². The lowest BCUT2D eigenvalue weighted by Gasteiger charge is -2.23. The molecule has 1 aliphatic rings. The van der Waals surface area contributed by atoms with Gasteiger partial charge >= 0.3 is 0 Å². The lowest BCUT2D eigenvalue weighted by molar-refractivity contribution is 0.102. The van der Waals surface area contributed by atoms with Crippen LogP contribution in [0.3, 0.4) is 0 Å². The zero-order chi connectivity index (χ0) is 21.8. The van der Waals surface area contributed by atoms with Crippen molar-refractivity contribution in [1.29, 1.82) is 0 Å². The van der Waals surface area contributed by atoms with Crippen LogP contribution in [0.4, 0.5) is 5.82 Å². The van der Waals surface area contributed by atoms with E-state index in [0.717, 1.165) is 12.8 Å². The topological polar surface area (TPSA) is 93.9 Å². The highest BCUT2D eigenvalue weighted by Crippen LogP contribution is 2.30. The summed E-state index contributed by atoms with van der Waals surface area (Å²) in [6.07, 6.45) is 8.19. The number of carbonyl (C=O) groups is 1. The molecule has 1 fully saturated rings. The van der Waals surface area contributed by atoms with E-state index in [1.807, 2.05) is 10.7 Å². The van der Waals surface area contributed by atoms with Gasteiger partial charge in [-0.25, -0.2) is 4.68 Å². The van der Waals surface area contributed by atoms with Gasteiger partial charge in [-0.3, -0.25) is 14.2 Å². The van der Waals surface area contributed by atoms with Crippen molar-refractivity contribution < 1.29 is 9.53 Å². The summed E-state index contributed by atoms with van der Waals surface area (Å²) in [6, 6.07) is 7.14. The minimum Gasteiger partial charge on any atom is -0.385 e. The number of anilines is 1. The Labute approximate surface area is 185 Å². The molecule has 0 bridgehead atoms. The van der Waals surface area contributed by atoms with Gasteiger partial charge in [-0.15, -0.1) is 0 Å². The zero-order valence-corrected chi connectivity index (χ0v) is 18.4. The van der Waals surface area contributed by atoms with Gasteiger partial charge in [0, 0.05) is 31.9 Å². The van der Waals surface area contributed by atoms with Crippen molar-refractivity contribution in [1.82, 2.24) is 19.3 Å². The van der Waals surface area contributed by atoms with E-state index in [9.17, 15) is 9.59 Å². The second-order valence-corrected chi connectivity index (χ2v) is 8.29. The Hall–Kier alpha value is -2.78. The maximum Gasteiger partial charge on any atom is 0.262 e. The van der Waals surface area contributed by atoms with Crippen molar-refractivity contribution in [3.8, 4) is 0 Å². The fraction of sp³-hybridized carbons (Fsp3) is 0.455. The maximum absolute atomic E-state index is 12.9. The molecule has 0 spiro atoms. The largest absolute Gasteiger partial charge is 0.385 e. The second kappa shape index (κ2) is 9.57. The van der Waals surface area contributed by atoms with Crippen LogP contribution in [-0.2, 0) is 11.3 Å². The fourth-order valence-corrected chi connectivity index (χ4v) is 4.47. The molecule has 1 saturated carbocycles. The number of aromatic nitrogens is 4. The van der Waals surface area contributed by atoms with Gasteiger partial charge in [0.1, 0.15) is 5.82 Å². The smallest absolute Gasteiger partial charge is 0.262 e. The minimum absolute atomic E-state index is 0.169. The third kappa shape index (κ3) is 4.62. The molecule has 1 aliphatic carbocycles. The molecule has 2 N–H and O–H groups in total. The number of nitrogens with one attached hydrogen (secondary N) is 2. The third-order valence-corrected chi connectivity index (χ3v) is 6.13. The number of H-pyrrole nitrogens is 1. The van der Waals surface area contributed by atoms with Crippen molar-refractivity contribution >= 4 is 34.8 Å². The molecule has 8 nitrogen and oxygen atoms in total. The average Bonchev–Trinajstić information content (AvgIpc) is 3.24. The Morgan fingerprint density at radius 2 is 2.10 bits per heavy atom.